The molecule has 1 aromatic heterocycles. The Kier molecular flexibility index (Phi) is 6.29. The zero-order valence-electron chi connectivity index (χ0n) is 15.5. The van der Waals surface area contributed by atoms with Crippen molar-refractivity contribution in [3.8, 4) is 5.69 Å². The Hall–Kier alpha value is -1.89. The van der Waals surface area contributed by atoms with Gasteiger partial charge in [0.1, 0.15) is 5.82 Å². The van der Waals surface area contributed by atoms with Crippen molar-refractivity contribution in [3.05, 3.63) is 70.8 Å². The second-order valence-electron chi connectivity index (χ2n) is 6.93. The summed E-state index contributed by atoms with van der Waals surface area (Å²) in [5.74, 6) is 1.33. The third-order valence-corrected chi connectivity index (χ3v) is 6.26. The molecule has 1 aliphatic heterocycles. The van der Waals surface area contributed by atoms with E-state index in [0.717, 1.165) is 46.9 Å². The summed E-state index contributed by atoms with van der Waals surface area (Å²) in [6, 6.07) is 14.3. The number of hydrogen-bond donors (Lipinski definition) is 0. The molecule has 0 N–H and O–H groups in total. The lowest BCUT2D eigenvalue weighted by molar-refractivity contribution is 0.214. The van der Waals surface area contributed by atoms with E-state index in [9.17, 15) is 4.39 Å². The Labute approximate surface area is 173 Å². The lowest BCUT2D eigenvalue weighted by Crippen LogP contribution is -2.30. The first-order valence-electron chi connectivity index (χ1n) is 9.49. The molecular weight excluding hydrogens is 395 g/mol. The van der Waals surface area contributed by atoms with Gasteiger partial charge in [-0.3, -0.25) is 9.47 Å². The molecule has 0 spiro atoms. The third kappa shape index (κ3) is 4.57. The number of rotatable bonds is 6. The fourth-order valence-corrected chi connectivity index (χ4v) is 4.68. The van der Waals surface area contributed by atoms with E-state index < -0.39 is 0 Å². The Morgan fingerprint density at radius 1 is 0.964 bits per heavy atom. The van der Waals surface area contributed by atoms with Crippen molar-refractivity contribution in [1.29, 1.82) is 0 Å². The van der Waals surface area contributed by atoms with Gasteiger partial charge in [0, 0.05) is 16.5 Å². The average Bonchev–Trinajstić information content (AvgIpc) is 3.11. The van der Waals surface area contributed by atoms with Crippen molar-refractivity contribution in [2.75, 3.05) is 13.1 Å². The molecule has 2 heterocycles. The minimum absolute atomic E-state index is 0.250. The van der Waals surface area contributed by atoms with E-state index in [1.807, 2.05) is 28.8 Å². The molecule has 1 fully saturated rings. The smallest absolute Gasteiger partial charge is 0.196 e. The van der Waals surface area contributed by atoms with Gasteiger partial charge in [0.05, 0.1) is 6.54 Å². The van der Waals surface area contributed by atoms with Crippen LogP contribution in [0.5, 0.6) is 0 Å². The number of thioether (sulfide) groups is 1. The summed E-state index contributed by atoms with van der Waals surface area (Å²) < 4.78 is 15.5. The molecule has 1 saturated heterocycles. The Bertz CT molecular complexity index is 922. The summed E-state index contributed by atoms with van der Waals surface area (Å²) >= 11 is 7.88. The highest BCUT2D eigenvalue weighted by atomic mass is 35.5. The number of halogens is 2. The van der Waals surface area contributed by atoms with E-state index in [-0.39, 0.29) is 5.82 Å². The number of piperidine rings is 1. The van der Waals surface area contributed by atoms with Crippen LogP contribution in [-0.2, 0) is 12.3 Å². The fourth-order valence-electron chi connectivity index (χ4n) is 3.42. The van der Waals surface area contributed by atoms with Gasteiger partial charge in [0.25, 0.3) is 0 Å². The fraction of sp³-hybridized carbons (Fsp3) is 0.333. The molecule has 4 rings (SSSR count). The molecule has 4 nitrogen and oxygen atoms in total. The van der Waals surface area contributed by atoms with Crippen molar-refractivity contribution < 1.29 is 4.39 Å². The van der Waals surface area contributed by atoms with Crippen LogP contribution in [0.1, 0.15) is 30.7 Å². The van der Waals surface area contributed by atoms with Crippen LogP contribution in [0.2, 0.25) is 5.02 Å². The predicted molar refractivity (Wildman–Crippen MR) is 111 cm³/mol. The Morgan fingerprint density at radius 2 is 1.71 bits per heavy atom. The first-order valence-corrected chi connectivity index (χ1v) is 10.9. The number of aromatic nitrogens is 3. The summed E-state index contributed by atoms with van der Waals surface area (Å²) in [6.07, 6.45) is 3.73. The monoisotopic (exact) mass is 416 g/mol. The number of benzene rings is 2. The largest absolute Gasteiger partial charge is 0.296 e. The van der Waals surface area contributed by atoms with Crippen molar-refractivity contribution in [1.82, 2.24) is 19.7 Å². The molecule has 146 valence electrons. The molecule has 28 heavy (non-hydrogen) atoms. The molecule has 2 aromatic carbocycles. The summed E-state index contributed by atoms with van der Waals surface area (Å²) in [6.45, 7) is 2.91. The molecule has 0 atom stereocenters. The molecule has 0 amide bonds. The molecule has 7 heteroatoms. The van der Waals surface area contributed by atoms with Crippen LogP contribution in [0.15, 0.2) is 53.7 Å². The molecular formula is C21H22ClFN4S. The maximum atomic E-state index is 13.4. The molecule has 0 radical (unpaired) electrons. The SMILES string of the molecule is Fc1ccc(-n2c(CN3CCCCC3)nnc2SCc2ccccc2Cl)cc1. The first-order chi connectivity index (χ1) is 13.7. The maximum Gasteiger partial charge on any atom is 0.196 e. The van der Waals surface area contributed by atoms with E-state index in [4.69, 9.17) is 11.6 Å². The molecule has 3 aromatic rings. The van der Waals surface area contributed by atoms with Crippen LogP contribution in [0.4, 0.5) is 4.39 Å². The standard InChI is InChI=1S/C21H22ClFN4S/c22-19-7-3-2-6-16(19)15-28-21-25-24-20(14-26-12-4-1-5-13-26)27(21)18-10-8-17(23)9-11-18/h2-3,6-11H,1,4-5,12-15H2. The predicted octanol–water partition coefficient (Wildman–Crippen LogP) is 5.34. The van der Waals surface area contributed by atoms with Gasteiger partial charge in [-0.2, -0.15) is 0 Å². The lowest BCUT2D eigenvalue weighted by atomic mass is 10.1. The van der Waals surface area contributed by atoms with Gasteiger partial charge in [-0.15, -0.1) is 10.2 Å². The molecule has 0 unspecified atom stereocenters. The highest BCUT2D eigenvalue weighted by molar-refractivity contribution is 7.98. The van der Waals surface area contributed by atoms with Crippen LogP contribution in [0, 0.1) is 5.82 Å². The van der Waals surface area contributed by atoms with Crippen LogP contribution in [-0.4, -0.2) is 32.8 Å². The van der Waals surface area contributed by atoms with Crippen molar-refractivity contribution in [2.24, 2.45) is 0 Å². The summed E-state index contributed by atoms with van der Waals surface area (Å²) in [4.78, 5) is 2.41. The highest BCUT2D eigenvalue weighted by Gasteiger charge is 2.19. The molecule has 0 saturated carbocycles. The van der Waals surface area contributed by atoms with Gasteiger partial charge >= 0.3 is 0 Å². The van der Waals surface area contributed by atoms with Crippen LogP contribution in [0.25, 0.3) is 5.69 Å². The van der Waals surface area contributed by atoms with Gasteiger partial charge in [0.15, 0.2) is 11.0 Å². The van der Waals surface area contributed by atoms with E-state index in [2.05, 4.69) is 15.1 Å². The Balaban J connectivity index is 1.61. The molecule has 1 aliphatic rings. The van der Waals surface area contributed by atoms with E-state index in [1.54, 1.807) is 23.9 Å². The number of hydrogen-bond acceptors (Lipinski definition) is 4. The van der Waals surface area contributed by atoms with Gasteiger partial charge in [0.2, 0.25) is 0 Å². The third-order valence-electron chi connectivity index (χ3n) is 4.91. The number of likely N-dealkylation sites (tertiary alicyclic amines) is 1. The van der Waals surface area contributed by atoms with E-state index >= 15 is 0 Å². The molecule has 0 bridgehead atoms. The summed E-state index contributed by atoms with van der Waals surface area (Å²) in [5, 5.41) is 10.4. The van der Waals surface area contributed by atoms with Crippen molar-refractivity contribution >= 4 is 23.4 Å². The van der Waals surface area contributed by atoms with Crippen molar-refractivity contribution in [3.63, 3.8) is 0 Å². The molecule has 0 aliphatic carbocycles. The summed E-state index contributed by atoms with van der Waals surface area (Å²) in [5.41, 5.74) is 1.93. The quantitative estimate of drug-likeness (QED) is 0.508. The summed E-state index contributed by atoms with van der Waals surface area (Å²) in [7, 11) is 0. The van der Waals surface area contributed by atoms with Crippen molar-refractivity contribution in [2.45, 2.75) is 36.7 Å². The second-order valence-corrected chi connectivity index (χ2v) is 8.28. The van der Waals surface area contributed by atoms with Gasteiger partial charge in [-0.25, -0.2) is 4.39 Å². The normalized spacial score (nSPS) is 15.1. The average molecular weight is 417 g/mol. The van der Waals surface area contributed by atoms with Gasteiger partial charge in [-0.1, -0.05) is 48.0 Å². The second kappa shape index (κ2) is 9.07. The highest BCUT2D eigenvalue weighted by Crippen LogP contribution is 2.28. The van der Waals surface area contributed by atoms with Gasteiger partial charge in [-0.05, 0) is 61.8 Å². The van der Waals surface area contributed by atoms with E-state index in [0.29, 0.717) is 5.75 Å². The van der Waals surface area contributed by atoms with Crippen LogP contribution >= 0.6 is 23.4 Å². The first kappa shape index (κ1) is 19.4. The number of nitrogens with zero attached hydrogens (tertiary/aromatic N) is 4. The minimum Gasteiger partial charge on any atom is -0.296 e. The Morgan fingerprint density at radius 3 is 2.46 bits per heavy atom. The maximum absolute atomic E-state index is 13.4. The topological polar surface area (TPSA) is 34.0 Å². The lowest BCUT2D eigenvalue weighted by Gasteiger charge is -2.26. The zero-order valence-corrected chi connectivity index (χ0v) is 17.1. The van der Waals surface area contributed by atoms with Crippen LogP contribution in [0.3, 0.4) is 0 Å². The zero-order chi connectivity index (χ0) is 19.3. The van der Waals surface area contributed by atoms with Crippen LogP contribution < -0.4 is 0 Å². The van der Waals surface area contributed by atoms with Gasteiger partial charge < -0.3 is 0 Å². The van der Waals surface area contributed by atoms with E-state index in [1.165, 1.54) is 31.4 Å². The minimum atomic E-state index is -0.250.